The molecule has 2 rings (SSSR count). The molecule has 0 spiro atoms. The smallest absolute Gasteiger partial charge is 0.352 e. The number of hydrogen-bond acceptors (Lipinski definition) is 1. The Labute approximate surface area is 127 Å². The summed E-state index contributed by atoms with van der Waals surface area (Å²) in [4.78, 5) is 11.2. The van der Waals surface area contributed by atoms with Crippen LogP contribution in [0, 0.1) is 10.5 Å². The molecule has 0 radical (unpaired) electrons. The maximum absolute atomic E-state index is 11.2. The topological polar surface area (TPSA) is 42.2 Å². The summed E-state index contributed by atoms with van der Waals surface area (Å²) in [5, 5.41) is 10.2. The standard InChI is InChI=1S/C12H8Cl2INO2/c1-6-2-9(14)10(4-8(6)13)16-5-7(15)3-11(16)12(17)18/h2-5H,1H3,(H,17,18). The van der Waals surface area contributed by atoms with Gasteiger partial charge in [-0.25, -0.2) is 4.79 Å². The van der Waals surface area contributed by atoms with Crippen molar-refractivity contribution in [2.75, 3.05) is 0 Å². The molecule has 94 valence electrons. The van der Waals surface area contributed by atoms with Crippen LogP contribution < -0.4 is 0 Å². The maximum atomic E-state index is 11.2. The molecule has 0 amide bonds. The van der Waals surface area contributed by atoms with Crippen molar-refractivity contribution < 1.29 is 9.90 Å². The van der Waals surface area contributed by atoms with E-state index in [2.05, 4.69) is 22.6 Å². The van der Waals surface area contributed by atoms with Crippen molar-refractivity contribution in [2.24, 2.45) is 0 Å². The Morgan fingerprint density at radius 1 is 1.28 bits per heavy atom. The molecule has 1 aromatic heterocycles. The lowest BCUT2D eigenvalue weighted by Crippen LogP contribution is -2.06. The molecule has 1 heterocycles. The number of rotatable bonds is 2. The van der Waals surface area contributed by atoms with Gasteiger partial charge in [-0.2, -0.15) is 0 Å². The van der Waals surface area contributed by atoms with Crippen molar-refractivity contribution in [1.29, 1.82) is 0 Å². The molecule has 2 aromatic rings. The lowest BCUT2D eigenvalue weighted by atomic mass is 10.2. The summed E-state index contributed by atoms with van der Waals surface area (Å²) in [6, 6.07) is 4.96. The normalized spacial score (nSPS) is 10.7. The summed E-state index contributed by atoms with van der Waals surface area (Å²) in [5.41, 5.74) is 1.57. The third kappa shape index (κ3) is 2.50. The lowest BCUT2D eigenvalue weighted by molar-refractivity contribution is 0.0688. The van der Waals surface area contributed by atoms with Gasteiger partial charge in [-0.05, 0) is 53.3 Å². The van der Waals surface area contributed by atoms with E-state index in [0.717, 1.165) is 9.13 Å². The van der Waals surface area contributed by atoms with Gasteiger partial charge < -0.3 is 9.67 Å². The fourth-order valence-electron chi connectivity index (χ4n) is 1.61. The van der Waals surface area contributed by atoms with Crippen molar-refractivity contribution in [3.8, 4) is 5.69 Å². The molecule has 0 aliphatic carbocycles. The fourth-order valence-corrected chi connectivity index (χ4v) is 2.66. The largest absolute Gasteiger partial charge is 0.477 e. The lowest BCUT2D eigenvalue weighted by Gasteiger charge is -2.10. The average molecular weight is 396 g/mol. The number of benzene rings is 1. The molecule has 18 heavy (non-hydrogen) atoms. The first kappa shape index (κ1) is 13.7. The number of aryl methyl sites for hydroxylation is 1. The summed E-state index contributed by atoms with van der Waals surface area (Å²) in [5.74, 6) is -1.01. The molecule has 0 fully saturated rings. The summed E-state index contributed by atoms with van der Waals surface area (Å²) in [7, 11) is 0. The van der Waals surface area contributed by atoms with E-state index in [0.29, 0.717) is 15.7 Å². The van der Waals surface area contributed by atoms with Gasteiger partial charge in [0.05, 0.1) is 10.7 Å². The van der Waals surface area contributed by atoms with Crippen molar-refractivity contribution in [2.45, 2.75) is 6.92 Å². The van der Waals surface area contributed by atoms with E-state index in [-0.39, 0.29) is 5.69 Å². The number of halogens is 3. The SMILES string of the molecule is Cc1cc(Cl)c(-n2cc(I)cc2C(=O)O)cc1Cl. The first-order valence-electron chi connectivity index (χ1n) is 4.97. The molecule has 0 saturated heterocycles. The first-order chi connectivity index (χ1) is 8.40. The third-order valence-electron chi connectivity index (χ3n) is 2.49. The molecule has 0 aliphatic heterocycles. The predicted molar refractivity (Wildman–Crippen MR) is 80.2 cm³/mol. The van der Waals surface area contributed by atoms with Crippen LogP contribution in [0.2, 0.25) is 10.0 Å². The van der Waals surface area contributed by atoms with Gasteiger partial charge in [-0.1, -0.05) is 23.2 Å². The van der Waals surface area contributed by atoms with Gasteiger partial charge in [0.15, 0.2) is 0 Å². The second-order valence-electron chi connectivity index (χ2n) is 3.77. The Morgan fingerprint density at radius 3 is 2.56 bits per heavy atom. The van der Waals surface area contributed by atoms with E-state index in [9.17, 15) is 4.79 Å². The Morgan fingerprint density at radius 2 is 1.94 bits per heavy atom. The van der Waals surface area contributed by atoms with Crippen LogP contribution in [0.4, 0.5) is 0 Å². The molecule has 3 nitrogen and oxygen atoms in total. The zero-order valence-corrected chi connectivity index (χ0v) is 12.9. The predicted octanol–water partition coefficient (Wildman–Crippen LogP) is 4.40. The molecule has 6 heteroatoms. The van der Waals surface area contributed by atoms with Crippen molar-refractivity contribution in [3.63, 3.8) is 0 Å². The minimum absolute atomic E-state index is 0.154. The van der Waals surface area contributed by atoms with E-state index in [4.69, 9.17) is 28.3 Å². The first-order valence-corrected chi connectivity index (χ1v) is 6.81. The molecule has 0 bridgehead atoms. The molecule has 1 N–H and O–H groups in total. The zero-order chi connectivity index (χ0) is 13.4. The Bertz CT molecular complexity index is 637. The molecule has 0 unspecified atom stereocenters. The van der Waals surface area contributed by atoms with E-state index < -0.39 is 5.97 Å². The van der Waals surface area contributed by atoms with Gasteiger partial charge in [0.1, 0.15) is 5.69 Å². The van der Waals surface area contributed by atoms with Crippen molar-refractivity contribution in [1.82, 2.24) is 4.57 Å². The van der Waals surface area contributed by atoms with E-state index in [1.54, 1.807) is 24.4 Å². The number of carboxylic acid groups (broad SMARTS) is 1. The van der Waals surface area contributed by atoms with Crippen molar-refractivity contribution >= 4 is 51.8 Å². The molecule has 0 saturated carbocycles. The number of aromatic nitrogens is 1. The van der Waals surface area contributed by atoms with Gasteiger partial charge in [-0.15, -0.1) is 0 Å². The average Bonchev–Trinajstić information content (AvgIpc) is 2.65. The Balaban J connectivity index is 2.69. The van der Waals surface area contributed by atoms with Crippen molar-refractivity contribution in [3.05, 3.63) is 49.3 Å². The molecule has 1 aromatic carbocycles. The zero-order valence-electron chi connectivity index (χ0n) is 9.25. The third-order valence-corrected chi connectivity index (χ3v) is 3.79. The monoisotopic (exact) mass is 395 g/mol. The van der Waals surface area contributed by atoms with Crippen LogP contribution in [0.15, 0.2) is 24.4 Å². The number of carboxylic acids is 1. The van der Waals surface area contributed by atoms with Gasteiger partial charge >= 0.3 is 5.97 Å². The second-order valence-corrected chi connectivity index (χ2v) is 5.83. The number of carbonyl (C=O) groups is 1. The van der Waals surface area contributed by atoms with Crippen LogP contribution in [-0.4, -0.2) is 15.6 Å². The number of hydrogen-bond donors (Lipinski definition) is 1. The Hall–Kier alpha value is -0.720. The molecule has 0 atom stereocenters. The summed E-state index contributed by atoms with van der Waals surface area (Å²) in [6.45, 7) is 1.84. The molecular formula is C12H8Cl2INO2. The van der Waals surface area contributed by atoms with Gasteiger partial charge in [-0.3, -0.25) is 0 Å². The van der Waals surface area contributed by atoms with Crippen LogP contribution in [-0.2, 0) is 0 Å². The maximum Gasteiger partial charge on any atom is 0.352 e. The highest BCUT2D eigenvalue weighted by molar-refractivity contribution is 14.1. The van der Waals surface area contributed by atoms with Gasteiger partial charge in [0.2, 0.25) is 0 Å². The van der Waals surface area contributed by atoms with E-state index >= 15 is 0 Å². The highest BCUT2D eigenvalue weighted by Gasteiger charge is 2.15. The summed E-state index contributed by atoms with van der Waals surface area (Å²) in [6.07, 6.45) is 1.71. The number of nitrogens with zero attached hydrogens (tertiary/aromatic N) is 1. The Kier molecular flexibility index (Phi) is 3.89. The second kappa shape index (κ2) is 5.11. The summed E-state index contributed by atoms with van der Waals surface area (Å²) >= 11 is 14.3. The van der Waals surface area contributed by atoms with E-state index in [1.807, 2.05) is 6.92 Å². The quantitative estimate of drug-likeness (QED) is 0.766. The minimum atomic E-state index is -1.01. The van der Waals surface area contributed by atoms with Crippen LogP contribution >= 0.6 is 45.8 Å². The fraction of sp³-hybridized carbons (Fsp3) is 0.0833. The van der Waals surface area contributed by atoms with E-state index in [1.165, 1.54) is 4.57 Å². The van der Waals surface area contributed by atoms with Crippen LogP contribution in [0.5, 0.6) is 0 Å². The summed E-state index contributed by atoms with van der Waals surface area (Å²) < 4.78 is 2.34. The molecule has 0 aliphatic rings. The van der Waals surface area contributed by atoms with Crippen LogP contribution in [0.25, 0.3) is 5.69 Å². The number of aromatic carboxylic acids is 1. The van der Waals surface area contributed by atoms with Gasteiger partial charge in [0.25, 0.3) is 0 Å². The molecular weight excluding hydrogens is 388 g/mol. The van der Waals surface area contributed by atoms with Gasteiger partial charge in [0, 0.05) is 14.8 Å². The van der Waals surface area contributed by atoms with Crippen LogP contribution in [0.1, 0.15) is 16.1 Å². The highest BCUT2D eigenvalue weighted by atomic mass is 127. The minimum Gasteiger partial charge on any atom is -0.477 e. The van der Waals surface area contributed by atoms with Crippen LogP contribution in [0.3, 0.4) is 0 Å². The highest BCUT2D eigenvalue weighted by Crippen LogP contribution is 2.29.